The van der Waals surface area contributed by atoms with E-state index in [2.05, 4.69) is 12.2 Å². The van der Waals surface area contributed by atoms with E-state index in [9.17, 15) is 4.39 Å². The lowest BCUT2D eigenvalue weighted by atomic mass is 9.90. The number of benzene rings is 1. The fourth-order valence-corrected chi connectivity index (χ4v) is 2.10. The zero-order valence-electron chi connectivity index (χ0n) is 8.46. The number of rotatable bonds is 1. The Morgan fingerprint density at radius 2 is 2.14 bits per heavy atom. The molecule has 0 radical (unpaired) electrons. The van der Waals surface area contributed by atoms with E-state index in [1.54, 1.807) is 6.07 Å². The van der Waals surface area contributed by atoms with Crippen LogP contribution in [0.25, 0.3) is 0 Å². The molecule has 2 atom stereocenters. The largest absolute Gasteiger partial charge is 0.310 e. The Labute approximate surface area is 84.3 Å². The molecule has 0 aliphatic carbocycles. The molecule has 0 amide bonds. The van der Waals surface area contributed by atoms with Crippen molar-refractivity contribution in [1.82, 2.24) is 5.32 Å². The van der Waals surface area contributed by atoms with Crippen LogP contribution in [0.5, 0.6) is 0 Å². The molecule has 1 nitrogen and oxygen atoms in total. The molecule has 14 heavy (non-hydrogen) atoms. The van der Waals surface area contributed by atoms with Gasteiger partial charge in [-0.25, -0.2) is 4.39 Å². The van der Waals surface area contributed by atoms with Gasteiger partial charge in [-0.05, 0) is 31.4 Å². The zero-order chi connectivity index (χ0) is 9.97. The van der Waals surface area contributed by atoms with E-state index >= 15 is 0 Å². The first-order valence-corrected chi connectivity index (χ1v) is 5.25. The van der Waals surface area contributed by atoms with Crippen LogP contribution in [-0.4, -0.2) is 6.54 Å². The van der Waals surface area contributed by atoms with Crippen molar-refractivity contribution >= 4 is 0 Å². The first-order chi connectivity index (χ1) is 6.77. The van der Waals surface area contributed by atoms with Gasteiger partial charge in [0.1, 0.15) is 5.82 Å². The Hall–Kier alpha value is -0.890. The van der Waals surface area contributed by atoms with Crippen LogP contribution >= 0.6 is 0 Å². The Morgan fingerprint density at radius 3 is 2.86 bits per heavy atom. The minimum atomic E-state index is -0.0842. The molecule has 1 fully saturated rings. The van der Waals surface area contributed by atoms with Gasteiger partial charge in [-0.1, -0.05) is 25.1 Å². The van der Waals surface area contributed by atoms with Gasteiger partial charge in [-0.15, -0.1) is 0 Å². The number of nitrogens with one attached hydrogen (secondary N) is 1. The Morgan fingerprint density at radius 1 is 1.36 bits per heavy atom. The molecular weight excluding hydrogens is 177 g/mol. The summed E-state index contributed by atoms with van der Waals surface area (Å²) in [6.07, 6.45) is 2.24. The summed E-state index contributed by atoms with van der Waals surface area (Å²) in [6.45, 7) is 3.23. The van der Waals surface area contributed by atoms with Gasteiger partial charge in [0.2, 0.25) is 0 Å². The zero-order valence-corrected chi connectivity index (χ0v) is 8.46. The SMILES string of the molecule is CC1CCNC(c2ccccc2F)C1. The standard InChI is InChI=1S/C12H16FN/c1-9-6-7-14-12(8-9)10-4-2-3-5-11(10)13/h2-5,9,12,14H,6-8H2,1H3. The molecule has 0 spiro atoms. The van der Waals surface area contributed by atoms with E-state index < -0.39 is 0 Å². The highest BCUT2D eigenvalue weighted by molar-refractivity contribution is 5.21. The molecule has 76 valence electrons. The number of hydrogen-bond acceptors (Lipinski definition) is 1. The molecule has 0 aromatic heterocycles. The van der Waals surface area contributed by atoms with Gasteiger partial charge in [-0.2, -0.15) is 0 Å². The molecule has 1 aromatic rings. The van der Waals surface area contributed by atoms with Gasteiger partial charge < -0.3 is 5.32 Å². The molecule has 1 aliphatic heterocycles. The van der Waals surface area contributed by atoms with Crippen LogP contribution in [0.2, 0.25) is 0 Å². The number of piperidine rings is 1. The summed E-state index contributed by atoms with van der Waals surface area (Å²) < 4.78 is 13.5. The number of halogens is 1. The monoisotopic (exact) mass is 193 g/mol. The van der Waals surface area contributed by atoms with E-state index in [4.69, 9.17) is 0 Å². The van der Waals surface area contributed by atoms with Crippen LogP contribution < -0.4 is 5.32 Å². The third kappa shape index (κ3) is 1.95. The lowest BCUT2D eigenvalue weighted by Gasteiger charge is -2.28. The third-order valence-electron chi connectivity index (χ3n) is 2.95. The third-order valence-corrected chi connectivity index (χ3v) is 2.95. The first-order valence-electron chi connectivity index (χ1n) is 5.25. The maximum absolute atomic E-state index is 13.5. The van der Waals surface area contributed by atoms with Crippen LogP contribution in [0, 0.1) is 11.7 Å². The summed E-state index contributed by atoms with van der Waals surface area (Å²) in [5.74, 6) is 0.611. The second-order valence-electron chi connectivity index (χ2n) is 4.16. The van der Waals surface area contributed by atoms with Gasteiger partial charge >= 0.3 is 0 Å². The van der Waals surface area contributed by atoms with Crippen molar-refractivity contribution in [3.8, 4) is 0 Å². The molecule has 1 aromatic carbocycles. The average Bonchev–Trinajstić information content (AvgIpc) is 2.18. The lowest BCUT2D eigenvalue weighted by Crippen LogP contribution is -2.31. The highest BCUT2D eigenvalue weighted by Crippen LogP contribution is 2.28. The Bertz CT molecular complexity index is 311. The minimum Gasteiger partial charge on any atom is -0.310 e. The van der Waals surface area contributed by atoms with E-state index in [0.717, 1.165) is 18.5 Å². The van der Waals surface area contributed by atoms with Crippen molar-refractivity contribution in [2.24, 2.45) is 5.92 Å². The van der Waals surface area contributed by atoms with Gasteiger partial charge in [0.25, 0.3) is 0 Å². The van der Waals surface area contributed by atoms with Gasteiger partial charge in [0.05, 0.1) is 0 Å². The molecule has 0 bridgehead atoms. The second kappa shape index (κ2) is 4.09. The smallest absolute Gasteiger partial charge is 0.127 e. The maximum atomic E-state index is 13.5. The summed E-state index contributed by atoms with van der Waals surface area (Å²) in [5.41, 5.74) is 0.819. The van der Waals surface area contributed by atoms with Gasteiger partial charge in [-0.3, -0.25) is 0 Å². The van der Waals surface area contributed by atoms with Crippen molar-refractivity contribution < 1.29 is 4.39 Å². The molecule has 1 saturated heterocycles. The highest BCUT2D eigenvalue weighted by atomic mass is 19.1. The summed E-state index contributed by atoms with van der Waals surface area (Å²) >= 11 is 0. The van der Waals surface area contributed by atoms with Crippen molar-refractivity contribution in [1.29, 1.82) is 0 Å². The predicted molar refractivity (Wildman–Crippen MR) is 55.5 cm³/mol. The Kier molecular flexibility index (Phi) is 2.82. The van der Waals surface area contributed by atoms with E-state index in [1.807, 2.05) is 12.1 Å². The molecular formula is C12H16FN. The normalized spacial score (nSPS) is 27.6. The minimum absolute atomic E-state index is 0.0842. The van der Waals surface area contributed by atoms with E-state index in [1.165, 1.54) is 12.5 Å². The van der Waals surface area contributed by atoms with Crippen LogP contribution in [0.1, 0.15) is 31.4 Å². The fraction of sp³-hybridized carbons (Fsp3) is 0.500. The topological polar surface area (TPSA) is 12.0 Å². The van der Waals surface area contributed by atoms with Crippen molar-refractivity contribution in [3.05, 3.63) is 35.6 Å². The van der Waals surface area contributed by atoms with E-state index in [-0.39, 0.29) is 11.9 Å². The Balaban J connectivity index is 2.18. The molecule has 2 rings (SSSR count). The van der Waals surface area contributed by atoms with Crippen LogP contribution in [-0.2, 0) is 0 Å². The van der Waals surface area contributed by atoms with Gasteiger partial charge in [0.15, 0.2) is 0 Å². The quantitative estimate of drug-likeness (QED) is 0.723. The van der Waals surface area contributed by atoms with Crippen molar-refractivity contribution in [3.63, 3.8) is 0 Å². The molecule has 1 N–H and O–H groups in total. The van der Waals surface area contributed by atoms with Gasteiger partial charge in [0, 0.05) is 11.6 Å². The maximum Gasteiger partial charge on any atom is 0.127 e. The van der Waals surface area contributed by atoms with E-state index in [0.29, 0.717) is 5.92 Å². The fourth-order valence-electron chi connectivity index (χ4n) is 2.10. The van der Waals surface area contributed by atoms with Crippen LogP contribution in [0.15, 0.2) is 24.3 Å². The number of hydrogen-bond donors (Lipinski definition) is 1. The summed E-state index contributed by atoms with van der Waals surface area (Å²) in [4.78, 5) is 0. The lowest BCUT2D eigenvalue weighted by molar-refractivity contribution is 0.319. The molecule has 0 saturated carbocycles. The van der Waals surface area contributed by atoms with Crippen molar-refractivity contribution in [2.75, 3.05) is 6.54 Å². The van der Waals surface area contributed by atoms with Crippen LogP contribution in [0.4, 0.5) is 4.39 Å². The average molecular weight is 193 g/mol. The predicted octanol–water partition coefficient (Wildman–Crippen LogP) is 2.89. The summed E-state index contributed by atoms with van der Waals surface area (Å²) in [7, 11) is 0. The molecule has 2 heteroatoms. The summed E-state index contributed by atoms with van der Waals surface area (Å²) in [5, 5.41) is 3.37. The van der Waals surface area contributed by atoms with Crippen molar-refractivity contribution in [2.45, 2.75) is 25.8 Å². The molecule has 1 aliphatic rings. The molecule has 2 unspecified atom stereocenters. The first kappa shape index (κ1) is 9.66. The highest BCUT2D eigenvalue weighted by Gasteiger charge is 2.21. The van der Waals surface area contributed by atoms with Crippen LogP contribution in [0.3, 0.4) is 0 Å². The molecule has 1 heterocycles. The second-order valence-corrected chi connectivity index (χ2v) is 4.16. The summed E-state index contributed by atoms with van der Waals surface area (Å²) in [6, 6.07) is 7.27.